The van der Waals surface area contributed by atoms with Crippen molar-refractivity contribution in [3.63, 3.8) is 0 Å². The van der Waals surface area contributed by atoms with E-state index in [1.54, 1.807) is 20.2 Å². The second kappa shape index (κ2) is 6.09. The number of hydrogen-bond acceptors (Lipinski definition) is 3. The molecule has 16 heavy (non-hydrogen) atoms. The molecule has 0 aromatic heterocycles. The standard InChI is InChI=1S/C12H15FN2O/c1-15-11(4-3-7-14)10-8-9(13)5-6-12(10)16-2/h5-6,8,11,15H,3-4H2,1-2H3. The fraction of sp³-hybridized carbons (Fsp3) is 0.417. The van der Waals surface area contributed by atoms with Crippen LogP contribution in [-0.4, -0.2) is 14.2 Å². The first kappa shape index (κ1) is 12.5. The summed E-state index contributed by atoms with van der Waals surface area (Å²) in [5.41, 5.74) is 0.750. The largest absolute Gasteiger partial charge is 0.496 e. The number of benzene rings is 1. The number of nitrogens with zero attached hydrogens (tertiary/aromatic N) is 1. The third-order valence-electron chi connectivity index (χ3n) is 2.46. The highest BCUT2D eigenvalue weighted by Gasteiger charge is 2.14. The van der Waals surface area contributed by atoms with Crippen molar-refractivity contribution in [1.82, 2.24) is 5.32 Å². The number of hydrogen-bond donors (Lipinski definition) is 1. The van der Waals surface area contributed by atoms with E-state index in [-0.39, 0.29) is 11.9 Å². The Hall–Kier alpha value is -1.60. The van der Waals surface area contributed by atoms with Crippen molar-refractivity contribution in [3.05, 3.63) is 29.6 Å². The molecule has 0 saturated heterocycles. The van der Waals surface area contributed by atoms with Gasteiger partial charge < -0.3 is 10.1 Å². The fourth-order valence-corrected chi connectivity index (χ4v) is 1.64. The molecule has 1 unspecified atom stereocenters. The first-order chi connectivity index (χ1) is 7.72. The molecule has 0 heterocycles. The normalized spacial score (nSPS) is 11.9. The van der Waals surface area contributed by atoms with Crippen LogP contribution in [-0.2, 0) is 0 Å². The van der Waals surface area contributed by atoms with Gasteiger partial charge in [0.15, 0.2) is 0 Å². The zero-order valence-corrected chi connectivity index (χ0v) is 9.46. The van der Waals surface area contributed by atoms with Gasteiger partial charge in [-0.2, -0.15) is 5.26 Å². The summed E-state index contributed by atoms with van der Waals surface area (Å²) in [4.78, 5) is 0. The predicted molar refractivity (Wildman–Crippen MR) is 59.6 cm³/mol. The van der Waals surface area contributed by atoms with Gasteiger partial charge in [-0.05, 0) is 31.7 Å². The summed E-state index contributed by atoms with van der Waals surface area (Å²) in [6.07, 6.45) is 1.05. The van der Waals surface area contributed by atoms with E-state index >= 15 is 0 Å². The molecule has 3 nitrogen and oxygen atoms in total. The van der Waals surface area contributed by atoms with Gasteiger partial charge in [0.05, 0.1) is 13.2 Å². The zero-order valence-electron chi connectivity index (χ0n) is 9.46. The lowest BCUT2D eigenvalue weighted by molar-refractivity contribution is 0.397. The highest BCUT2D eigenvalue weighted by Crippen LogP contribution is 2.28. The second-order valence-electron chi connectivity index (χ2n) is 3.42. The van der Waals surface area contributed by atoms with Crippen LogP contribution in [0.5, 0.6) is 5.75 Å². The zero-order chi connectivity index (χ0) is 12.0. The summed E-state index contributed by atoms with van der Waals surface area (Å²) in [6, 6.07) is 6.42. The summed E-state index contributed by atoms with van der Waals surface area (Å²) in [7, 11) is 3.33. The van der Waals surface area contributed by atoms with Crippen molar-refractivity contribution in [2.45, 2.75) is 18.9 Å². The van der Waals surface area contributed by atoms with Crippen LogP contribution < -0.4 is 10.1 Å². The third kappa shape index (κ3) is 2.94. The third-order valence-corrected chi connectivity index (χ3v) is 2.46. The Kier molecular flexibility index (Phi) is 4.74. The van der Waals surface area contributed by atoms with Crippen molar-refractivity contribution >= 4 is 0 Å². The number of halogens is 1. The van der Waals surface area contributed by atoms with Crippen LogP contribution in [0.25, 0.3) is 0 Å². The van der Waals surface area contributed by atoms with E-state index in [1.165, 1.54) is 12.1 Å². The Balaban J connectivity index is 2.98. The summed E-state index contributed by atoms with van der Waals surface area (Å²) >= 11 is 0. The molecule has 0 aliphatic carbocycles. The highest BCUT2D eigenvalue weighted by atomic mass is 19.1. The van der Waals surface area contributed by atoms with Crippen LogP contribution in [0, 0.1) is 17.1 Å². The van der Waals surface area contributed by atoms with E-state index < -0.39 is 0 Å². The van der Waals surface area contributed by atoms with E-state index in [4.69, 9.17) is 10.00 Å². The number of nitriles is 1. The molecule has 1 rings (SSSR count). The molecule has 1 aromatic rings. The van der Waals surface area contributed by atoms with Crippen LogP contribution in [0.2, 0.25) is 0 Å². The Morgan fingerprint density at radius 2 is 2.31 bits per heavy atom. The summed E-state index contributed by atoms with van der Waals surface area (Å²) < 4.78 is 18.3. The molecule has 4 heteroatoms. The molecule has 0 amide bonds. The molecule has 0 saturated carbocycles. The number of ether oxygens (including phenoxy) is 1. The second-order valence-corrected chi connectivity index (χ2v) is 3.42. The minimum atomic E-state index is -0.298. The predicted octanol–water partition coefficient (Wildman–Crippen LogP) is 2.40. The van der Waals surface area contributed by atoms with Gasteiger partial charge in [-0.15, -0.1) is 0 Å². The van der Waals surface area contributed by atoms with Crippen molar-refractivity contribution in [2.75, 3.05) is 14.2 Å². The van der Waals surface area contributed by atoms with E-state index in [0.717, 1.165) is 5.56 Å². The Labute approximate surface area is 94.8 Å². The lowest BCUT2D eigenvalue weighted by atomic mass is 10.0. The molecule has 0 fully saturated rings. The van der Waals surface area contributed by atoms with Gasteiger partial charge in [-0.1, -0.05) is 0 Å². The van der Waals surface area contributed by atoms with Crippen LogP contribution in [0.1, 0.15) is 24.4 Å². The van der Waals surface area contributed by atoms with E-state index in [1.807, 2.05) is 0 Å². The number of methoxy groups -OCH3 is 1. The SMILES string of the molecule is CNC(CCC#N)c1cc(F)ccc1OC. The van der Waals surface area contributed by atoms with Gasteiger partial charge in [0.1, 0.15) is 11.6 Å². The monoisotopic (exact) mass is 222 g/mol. The lowest BCUT2D eigenvalue weighted by Crippen LogP contribution is -2.17. The molecule has 0 radical (unpaired) electrons. The van der Waals surface area contributed by atoms with Crippen LogP contribution in [0.4, 0.5) is 4.39 Å². The summed E-state index contributed by atoms with van der Waals surface area (Å²) in [5.74, 6) is 0.340. The Morgan fingerprint density at radius 3 is 2.88 bits per heavy atom. The van der Waals surface area contributed by atoms with Crippen LogP contribution >= 0.6 is 0 Å². The van der Waals surface area contributed by atoms with Gasteiger partial charge in [-0.25, -0.2) is 4.39 Å². The molecule has 0 aliphatic rings. The van der Waals surface area contributed by atoms with Gasteiger partial charge in [-0.3, -0.25) is 0 Å². The first-order valence-corrected chi connectivity index (χ1v) is 5.10. The fourth-order valence-electron chi connectivity index (χ4n) is 1.64. The molecule has 1 aromatic carbocycles. The smallest absolute Gasteiger partial charge is 0.123 e. The number of nitrogens with one attached hydrogen (secondary N) is 1. The average Bonchev–Trinajstić information content (AvgIpc) is 2.30. The van der Waals surface area contributed by atoms with E-state index in [9.17, 15) is 4.39 Å². The molecule has 0 aliphatic heterocycles. The maximum absolute atomic E-state index is 13.2. The molecule has 1 atom stereocenters. The van der Waals surface area contributed by atoms with Crippen molar-refractivity contribution in [1.29, 1.82) is 5.26 Å². The molecule has 0 spiro atoms. The van der Waals surface area contributed by atoms with Crippen molar-refractivity contribution in [3.8, 4) is 11.8 Å². The Morgan fingerprint density at radius 1 is 1.56 bits per heavy atom. The minimum Gasteiger partial charge on any atom is -0.496 e. The quantitative estimate of drug-likeness (QED) is 0.832. The molecule has 1 N–H and O–H groups in total. The van der Waals surface area contributed by atoms with Crippen LogP contribution in [0.15, 0.2) is 18.2 Å². The van der Waals surface area contributed by atoms with Gasteiger partial charge in [0.2, 0.25) is 0 Å². The minimum absolute atomic E-state index is 0.0645. The summed E-state index contributed by atoms with van der Waals surface area (Å²) in [5, 5.41) is 11.6. The van der Waals surface area contributed by atoms with Crippen molar-refractivity contribution < 1.29 is 9.13 Å². The molecular formula is C12H15FN2O. The van der Waals surface area contributed by atoms with Crippen molar-refractivity contribution in [2.24, 2.45) is 0 Å². The topological polar surface area (TPSA) is 45.0 Å². The van der Waals surface area contributed by atoms with Gasteiger partial charge in [0.25, 0.3) is 0 Å². The molecule has 0 bridgehead atoms. The summed E-state index contributed by atoms with van der Waals surface area (Å²) in [6.45, 7) is 0. The lowest BCUT2D eigenvalue weighted by Gasteiger charge is -2.18. The highest BCUT2D eigenvalue weighted by molar-refractivity contribution is 5.36. The van der Waals surface area contributed by atoms with Crippen LogP contribution in [0.3, 0.4) is 0 Å². The molecular weight excluding hydrogens is 207 g/mol. The van der Waals surface area contributed by atoms with E-state index in [2.05, 4.69) is 11.4 Å². The Bertz CT molecular complexity index is 387. The maximum atomic E-state index is 13.2. The van der Waals surface area contributed by atoms with E-state index in [0.29, 0.717) is 18.6 Å². The average molecular weight is 222 g/mol. The maximum Gasteiger partial charge on any atom is 0.123 e. The molecule has 86 valence electrons. The van der Waals surface area contributed by atoms with Gasteiger partial charge in [0, 0.05) is 18.0 Å². The number of rotatable bonds is 5. The first-order valence-electron chi connectivity index (χ1n) is 5.10. The van der Waals surface area contributed by atoms with Gasteiger partial charge >= 0.3 is 0 Å².